The molecule has 0 saturated heterocycles. The van der Waals surface area contributed by atoms with E-state index in [1.54, 1.807) is 31.2 Å². The zero-order chi connectivity index (χ0) is 21.4. The molecule has 0 fully saturated rings. The van der Waals surface area contributed by atoms with E-state index in [0.29, 0.717) is 30.9 Å². The molecule has 0 unspecified atom stereocenters. The van der Waals surface area contributed by atoms with Crippen molar-refractivity contribution in [3.63, 3.8) is 0 Å². The van der Waals surface area contributed by atoms with Gasteiger partial charge in [0.15, 0.2) is 0 Å². The average Bonchev–Trinajstić information content (AvgIpc) is 2.71. The zero-order valence-corrected chi connectivity index (χ0v) is 18.1. The van der Waals surface area contributed by atoms with Crippen LogP contribution in [0.4, 0.5) is 11.4 Å². The first-order chi connectivity index (χ1) is 13.8. The number of hydrogen-bond donors (Lipinski definition) is 1. The Labute approximate surface area is 173 Å². The molecule has 2 aromatic carbocycles. The van der Waals surface area contributed by atoms with Gasteiger partial charge in [0, 0.05) is 25.8 Å². The molecule has 0 spiro atoms. The van der Waals surface area contributed by atoms with Crippen LogP contribution in [0.5, 0.6) is 5.75 Å². The molecule has 158 valence electrons. The number of carbonyl (C=O) groups is 1. The van der Waals surface area contributed by atoms with Gasteiger partial charge in [-0.2, -0.15) is 0 Å². The van der Waals surface area contributed by atoms with Gasteiger partial charge in [0.1, 0.15) is 11.8 Å². The zero-order valence-electron chi connectivity index (χ0n) is 17.3. The lowest BCUT2D eigenvalue weighted by molar-refractivity contribution is -0.122. The van der Waals surface area contributed by atoms with Gasteiger partial charge in [0.25, 0.3) is 0 Å². The molecule has 0 aromatic heterocycles. The first-order valence-electron chi connectivity index (χ1n) is 9.45. The fourth-order valence-electron chi connectivity index (χ4n) is 3.07. The number of anilines is 2. The van der Waals surface area contributed by atoms with Crippen molar-refractivity contribution in [1.29, 1.82) is 0 Å². The maximum Gasteiger partial charge on any atom is 0.243 e. The Morgan fingerprint density at radius 2 is 1.69 bits per heavy atom. The molecule has 1 N–H and O–H groups in total. The topological polar surface area (TPSA) is 79.0 Å². The quantitative estimate of drug-likeness (QED) is 0.640. The molecule has 29 heavy (non-hydrogen) atoms. The van der Waals surface area contributed by atoms with E-state index >= 15 is 0 Å². The Hall–Kier alpha value is -2.74. The van der Waals surface area contributed by atoms with Crippen LogP contribution in [0.25, 0.3) is 0 Å². The van der Waals surface area contributed by atoms with E-state index in [0.717, 1.165) is 11.9 Å². The number of nitrogens with zero attached hydrogens (tertiary/aromatic N) is 2. The van der Waals surface area contributed by atoms with Crippen LogP contribution >= 0.6 is 0 Å². The lowest BCUT2D eigenvalue weighted by atomic mass is 10.2. The average molecular weight is 420 g/mol. The van der Waals surface area contributed by atoms with Crippen molar-refractivity contribution >= 4 is 27.3 Å². The van der Waals surface area contributed by atoms with Gasteiger partial charge in [-0.3, -0.25) is 9.10 Å². The van der Waals surface area contributed by atoms with Crippen molar-refractivity contribution in [3.05, 3.63) is 54.6 Å². The molecule has 0 heterocycles. The first-order valence-corrected chi connectivity index (χ1v) is 11.3. The number of likely N-dealkylation sites (N-methyl/N-ethyl adjacent to an activating group) is 1. The highest BCUT2D eigenvalue weighted by Gasteiger charge is 2.31. The Morgan fingerprint density at radius 3 is 2.21 bits per heavy atom. The fraction of sp³-hybridized carbons (Fsp3) is 0.381. The SMILES string of the molecule is CC[C@H](C(=O)NCCN(C)c1ccccc1)N(c1ccc(OC)cc1)S(C)(=O)=O. The van der Waals surface area contributed by atoms with Crippen molar-refractivity contribution < 1.29 is 17.9 Å². The molecule has 0 aliphatic carbocycles. The van der Waals surface area contributed by atoms with Gasteiger partial charge >= 0.3 is 0 Å². The normalized spacial score (nSPS) is 12.1. The van der Waals surface area contributed by atoms with Crippen LogP contribution in [0.3, 0.4) is 0 Å². The minimum Gasteiger partial charge on any atom is -0.497 e. The van der Waals surface area contributed by atoms with E-state index in [2.05, 4.69) is 5.32 Å². The predicted octanol–water partition coefficient (Wildman–Crippen LogP) is 2.49. The number of sulfonamides is 1. The van der Waals surface area contributed by atoms with Gasteiger partial charge in [-0.25, -0.2) is 8.42 Å². The standard InChI is InChI=1S/C21H29N3O4S/c1-5-20(21(25)22-15-16-23(2)17-9-7-6-8-10-17)24(29(4,26)27)18-11-13-19(28-3)14-12-18/h6-14,20H,5,15-16H2,1-4H3,(H,22,25)/t20-/m1/s1. The molecule has 0 bridgehead atoms. The molecule has 1 atom stereocenters. The first kappa shape index (κ1) is 22.5. The Bertz CT molecular complexity index is 886. The number of methoxy groups -OCH3 is 1. The van der Waals surface area contributed by atoms with Gasteiger partial charge < -0.3 is 15.0 Å². The molecular formula is C21H29N3O4S. The largest absolute Gasteiger partial charge is 0.497 e. The molecule has 0 saturated carbocycles. The molecule has 1 amide bonds. The molecular weight excluding hydrogens is 390 g/mol. The number of hydrogen-bond acceptors (Lipinski definition) is 5. The number of nitrogens with one attached hydrogen (secondary N) is 1. The minimum absolute atomic E-state index is 0.324. The number of ether oxygens (including phenoxy) is 1. The maximum atomic E-state index is 12.8. The fourth-order valence-corrected chi connectivity index (χ4v) is 4.28. The van der Waals surface area contributed by atoms with E-state index in [1.807, 2.05) is 42.3 Å². The van der Waals surface area contributed by atoms with Crippen molar-refractivity contribution in [2.24, 2.45) is 0 Å². The molecule has 2 rings (SSSR count). The highest BCUT2D eigenvalue weighted by molar-refractivity contribution is 7.92. The van der Waals surface area contributed by atoms with Crippen molar-refractivity contribution in [1.82, 2.24) is 5.32 Å². The van der Waals surface area contributed by atoms with Crippen molar-refractivity contribution in [2.45, 2.75) is 19.4 Å². The van der Waals surface area contributed by atoms with Gasteiger partial charge in [0.05, 0.1) is 19.1 Å². The third-order valence-corrected chi connectivity index (χ3v) is 5.78. The molecule has 2 aromatic rings. The molecule has 8 heteroatoms. The van der Waals surface area contributed by atoms with E-state index in [4.69, 9.17) is 4.74 Å². The van der Waals surface area contributed by atoms with Crippen LogP contribution in [0.15, 0.2) is 54.6 Å². The molecule has 7 nitrogen and oxygen atoms in total. The van der Waals surface area contributed by atoms with Crippen LogP contribution in [0.2, 0.25) is 0 Å². The van der Waals surface area contributed by atoms with Crippen LogP contribution in [0, 0.1) is 0 Å². The lowest BCUT2D eigenvalue weighted by Gasteiger charge is -2.30. The predicted molar refractivity (Wildman–Crippen MR) is 117 cm³/mol. The second-order valence-corrected chi connectivity index (χ2v) is 8.59. The molecule has 0 aliphatic heterocycles. The summed E-state index contributed by atoms with van der Waals surface area (Å²) in [7, 11) is -0.174. The number of para-hydroxylation sites is 1. The maximum absolute atomic E-state index is 12.8. The van der Waals surface area contributed by atoms with Crippen LogP contribution in [-0.2, 0) is 14.8 Å². The van der Waals surface area contributed by atoms with Crippen molar-refractivity contribution in [3.8, 4) is 5.75 Å². The second-order valence-electron chi connectivity index (χ2n) is 6.73. The smallest absolute Gasteiger partial charge is 0.243 e. The summed E-state index contributed by atoms with van der Waals surface area (Å²) < 4.78 is 31.2. The molecule has 0 aliphatic rings. The van der Waals surface area contributed by atoms with Crippen LogP contribution < -0.4 is 19.3 Å². The highest BCUT2D eigenvalue weighted by Crippen LogP contribution is 2.25. The monoisotopic (exact) mass is 419 g/mol. The Balaban J connectivity index is 2.09. The summed E-state index contributed by atoms with van der Waals surface area (Å²) in [5.74, 6) is 0.291. The van der Waals surface area contributed by atoms with E-state index < -0.39 is 16.1 Å². The second kappa shape index (κ2) is 10.2. The summed E-state index contributed by atoms with van der Waals surface area (Å²) in [6, 6.07) is 15.6. The minimum atomic E-state index is -3.66. The van der Waals surface area contributed by atoms with Gasteiger partial charge in [-0.1, -0.05) is 25.1 Å². The van der Waals surface area contributed by atoms with E-state index in [-0.39, 0.29) is 5.91 Å². The van der Waals surface area contributed by atoms with E-state index in [1.165, 1.54) is 11.4 Å². The number of amides is 1. The summed E-state index contributed by atoms with van der Waals surface area (Å²) >= 11 is 0. The summed E-state index contributed by atoms with van der Waals surface area (Å²) in [6.07, 6.45) is 1.45. The summed E-state index contributed by atoms with van der Waals surface area (Å²) in [4.78, 5) is 14.8. The van der Waals surface area contributed by atoms with Crippen molar-refractivity contribution in [2.75, 3.05) is 42.7 Å². The van der Waals surface area contributed by atoms with Gasteiger partial charge in [0.2, 0.25) is 15.9 Å². The summed E-state index contributed by atoms with van der Waals surface area (Å²) in [5.41, 5.74) is 1.47. The van der Waals surface area contributed by atoms with Gasteiger partial charge in [-0.05, 0) is 42.8 Å². The molecule has 0 radical (unpaired) electrons. The summed E-state index contributed by atoms with van der Waals surface area (Å²) in [6.45, 7) is 2.80. The number of rotatable bonds is 10. The number of carbonyl (C=O) groups excluding carboxylic acids is 1. The van der Waals surface area contributed by atoms with E-state index in [9.17, 15) is 13.2 Å². The Morgan fingerprint density at radius 1 is 1.07 bits per heavy atom. The lowest BCUT2D eigenvalue weighted by Crippen LogP contribution is -2.50. The van der Waals surface area contributed by atoms with Crippen LogP contribution in [-0.4, -0.2) is 53.9 Å². The number of benzene rings is 2. The highest BCUT2D eigenvalue weighted by atomic mass is 32.2. The summed E-state index contributed by atoms with van der Waals surface area (Å²) in [5, 5.41) is 2.87. The third kappa shape index (κ3) is 6.12. The van der Waals surface area contributed by atoms with Crippen LogP contribution in [0.1, 0.15) is 13.3 Å². The third-order valence-electron chi connectivity index (χ3n) is 4.60. The van der Waals surface area contributed by atoms with Gasteiger partial charge in [-0.15, -0.1) is 0 Å². The Kier molecular flexibility index (Phi) is 7.90.